The van der Waals surface area contributed by atoms with Gasteiger partial charge < -0.3 is 28.9 Å². The number of anilines is 2. The maximum Gasteiger partial charge on any atom is 0.343 e. The van der Waals surface area contributed by atoms with Crippen molar-refractivity contribution in [3.8, 4) is 11.6 Å². The van der Waals surface area contributed by atoms with Crippen LogP contribution in [0.3, 0.4) is 0 Å². The Labute approximate surface area is 254 Å². The summed E-state index contributed by atoms with van der Waals surface area (Å²) >= 11 is 0. The Morgan fingerprint density at radius 2 is 2.00 bits per heavy atom. The Balaban J connectivity index is 1.48. The van der Waals surface area contributed by atoms with Crippen LogP contribution >= 0.6 is 9.39 Å². The van der Waals surface area contributed by atoms with Gasteiger partial charge in [-0.15, -0.1) is 0 Å². The van der Waals surface area contributed by atoms with Crippen LogP contribution in [0.4, 0.5) is 11.5 Å². The lowest BCUT2D eigenvalue weighted by Crippen LogP contribution is -2.34. The molecule has 10 nitrogen and oxygen atoms in total. The second kappa shape index (κ2) is 14.0. The molecule has 3 aromatic heterocycles. The van der Waals surface area contributed by atoms with Crippen molar-refractivity contribution in [1.29, 1.82) is 0 Å². The summed E-state index contributed by atoms with van der Waals surface area (Å²) in [4.78, 5) is 39.6. The van der Waals surface area contributed by atoms with E-state index in [1.165, 1.54) is 0 Å². The molecule has 0 spiro atoms. The van der Waals surface area contributed by atoms with E-state index in [0.29, 0.717) is 23.4 Å². The number of rotatable bonds is 12. The van der Waals surface area contributed by atoms with Crippen molar-refractivity contribution in [1.82, 2.24) is 19.6 Å². The highest BCUT2D eigenvalue weighted by Gasteiger charge is 2.27. The topological polar surface area (TPSA) is 102 Å². The van der Waals surface area contributed by atoms with Crippen LogP contribution in [0.1, 0.15) is 42.1 Å². The molecular weight excluding hydrogens is 563 g/mol. The normalized spacial score (nSPS) is 14.7. The predicted octanol–water partition coefficient (Wildman–Crippen LogP) is 4.38. The molecule has 2 atom stereocenters. The first kappa shape index (κ1) is 30.4. The van der Waals surface area contributed by atoms with Gasteiger partial charge in [0.15, 0.2) is 0 Å². The number of nitrogens with one attached hydrogen (secondary N) is 1. The van der Waals surface area contributed by atoms with E-state index in [1.54, 1.807) is 31.6 Å². The Morgan fingerprint density at radius 1 is 1.16 bits per heavy atom. The molecule has 11 heteroatoms. The molecule has 0 saturated carbocycles. The molecule has 226 valence electrons. The number of benzene rings is 1. The zero-order chi connectivity index (χ0) is 30.3. The smallest absolute Gasteiger partial charge is 0.343 e. The Bertz CT molecular complexity index is 1620. The van der Waals surface area contributed by atoms with Crippen molar-refractivity contribution in [2.75, 3.05) is 50.2 Å². The van der Waals surface area contributed by atoms with E-state index < -0.39 is 5.97 Å². The van der Waals surface area contributed by atoms with Crippen LogP contribution in [0.5, 0.6) is 5.88 Å². The summed E-state index contributed by atoms with van der Waals surface area (Å²) in [7, 11) is 6.39. The average Bonchev–Trinajstić information content (AvgIpc) is 3.49. The first-order valence-electron chi connectivity index (χ1n) is 14.7. The number of hydrogen-bond acceptors (Lipinski definition) is 9. The van der Waals surface area contributed by atoms with Crippen LogP contribution in [0.2, 0.25) is 0 Å². The van der Waals surface area contributed by atoms with E-state index in [4.69, 9.17) is 9.47 Å². The number of ether oxygens (including phenoxy) is 2. The summed E-state index contributed by atoms with van der Waals surface area (Å²) in [5.41, 5.74) is 3.16. The van der Waals surface area contributed by atoms with Gasteiger partial charge in [-0.1, -0.05) is 15.5 Å². The lowest BCUT2D eigenvalue weighted by atomic mass is 10.1. The molecule has 0 radical (unpaired) electrons. The van der Waals surface area contributed by atoms with Gasteiger partial charge >= 0.3 is 5.97 Å². The molecule has 4 heterocycles. The van der Waals surface area contributed by atoms with E-state index in [0.717, 1.165) is 61.5 Å². The van der Waals surface area contributed by atoms with Crippen molar-refractivity contribution >= 4 is 37.8 Å². The Hall–Kier alpha value is -4.01. The van der Waals surface area contributed by atoms with Gasteiger partial charge in [0.1, 0.15) is 18.0 Å². The second-order valence-corrected chi connectivity index (χ2v) is 11.2. The third-order valence-corrected chi connectivity index (χ3v) is 7.98. The lowest BCUT2D eigenvalue weighted by molar-refractivity contribution is 0.0524. The first-order valence-corrected chi connectivity index (χ1v) is 15.3. The van der Waals surface area contributed by atoms with Crippen LogP contribution in [0, 0.1) is 0 Å². The summed E-state index contributed by atoms with van der Waals surface area (Å²) < 4.78 is 13.4. The zero-order valence-corrected chi connectivity index (χ0v) is 26.1. The van der Waals surface area contributed by atoms with Crippen molar-refractivity contribution in [3.63, 3.8) is 0 Å². The summed E-state index contributed by atoms with van der Waals surface area (Å²) in [6.45, 7) is 4.19. The molecule has 5 rings (SSSR count). The van der Waals surface area contributed by atoms with Crippen LogP contribution in [-0.4, -0.2) is 66.9 Å². The maximum absolute atomic E-state index is 13.5. The Morgan fingerprint density at radius 3 is 2.74 bits per heavy atom. The zero-order valence-electron chi connectivity index (χ0n) is 25.0. The molecule has 1 fully saturated rings. The van der Waals surface area contributed by atoms with Crippen LogP contribution in [-0.2, 0) is 11.2 Å². The molecule has 0 amide bonds. The largest absolute Gasteiger partial charge is 0.475 e. The van der Waals surface area contributed by atoms with E-state index >= 15 is 0 Å². The van der Waals surface area contributed by atoms with Gasteiger partial charge in [-0.05, 0) is 75.5 Å². The van der Waals surface area contributed by atoms with Gasteiger partial charge in [-0.2, -0.15) is 0 Å². The number of aryl methyl sites for hydroxylation is 1. The molecule has 0 aliphatic carbocycles. The van der Waals surface area contributed by atoms with Crippen molar-refractivity contribution in [3.05, 3.63) is 82.4 Å². The van der Waals surface area contributed by atoms with Gasteiger partial charge in [-0.25, -0.2) is 14.8 Å². The molecule has 1 aliphatic heterocycles. The van der Waals surface area contributed by atoms with Crippen LogP contribution < -0.4 is 25.1 Å². The number of esters is 1. The molecule has 1 aromatic carbocycles. The Kier molecular flexibility index (Phi) is 9.89. The monoisotopic (exact) mass is 602 g/mol. The molecule has 1 aliphatic rings. The molecule has 4 aromatic rings. The minimum Gasteiger partial charge on any atom is -0.475 e. The molecule has 43 heavy (non-hydrogen) atoms. The minimum absolute atomic E-state index is 0.00845. The minimum atomic E-state index is -0.638. The highest BCUT2D eigenvalue weighted by atomic mass is 31.0. The summed E-state index contributed by atoms with van der Waals surface area (Å²) in [6.07, 6.45) is 8.98. The van der Waals surface area contributed by atoms with Crippen LogP contribution in [0.25, 0.3) is 16.6 Å². The van der Waals surface area contributed by atoms with E-state index in [9.17, 15) is 9.59 Å². The number of carbonyl (C=O) groups is 1. The van der Waals surface area contributed by atoms with E-state index in [-0.39, 0.29) is 23.6 Å². The third-order valence-electron chi connectivity index (χ3n) is 7.69. The fourth-order valence-electron chi connectivity index (χ4n) is 5.49. The van der Waals surface area contributed by atoms with E-state index in [2.05, 4.69) is 35.4 Å². The van der Waals surface area contributed by atoms with Gasteiger partial charge in [0.2, 0.25) is 11.3 Å². The van der Waals surface area contributed by atoms with Gasteiger partial charge in [0, 0.05) is 49.7 Å². The standard InChI is InChI=1S/C32H39N6O4P/c1-4-41-32(40)27-20-38(24-12-14-29(34-19-24)36(2)3)28-18-23(11-13-26(28)30(27)39)37-17-7-10-25(37)21-42-31-22(8-5-15-33-31)9-6-16-35-43/h5,8,11-15,18-20,25,35H,4,6-7,9-10,16-17,21,43H2,1-3H3. The number of pyridine rings is 3. The molecule has 1 saturated heterocycles. The van der Waals surface area contributed by atoms with Gasteiger partial charge in [-0.3, -0.25) is 4.79 Å². The molecular formula is C32H39N6O4P. The number of carbonyl (C=O) groups excluding carboxylic acids is 1. The second-order valence-electron chi connectivity index (χ2n) is 10.8. The number of hydrogen-bond donors (Lipinski definition) is 1. The number of nitrogens with zero attached hydrogens (tertiary/aromatic N) is 5. The summed E-state index contributed by atoms with van der Waals surface area (Å²) in [6, 6.07) is 13.8. The fraction of sp³-hybridized carbons (Fsp3) is 0.375. The maximum atomic E-state index is 13.5. The van der Waals surface area contributed by atoms with Gasteiger partial charge in [0.25, 0.3) is 0 Å². The number of aromatic nitrogens is 3. The molecule has 1 N–H and O–H groups in total. The highest BCUT2D eigenvalue weighted by molar-refractivity contribution is 7.13. The first-order chi connectivity index (χ1) is 20.9. The summed E-state index contributed by atoms with van der Waals surface area (Å²) in [5, 5.41) is 3.55. The highest BCUT2D eigenvalue weighted by Crippen LogP contribution is 2.30. The van der Waals surface area contributed by atoms with Crippen molar-refractivity contribution < 1.29 is 14.3 Å². The quantitative estimate of drug-likeness (QED) is 0.144. The fourth-order valence-corrected chi connectivity index (χ4v) is 5.70. The van der Waals surface area contributed by atoms with Crippen molar-refractivity contribution in [2.45, 2.75) is 38.6 Å². The van der Waals surface area contributed by atoms with Crippen LogP contribution in [0.15, 0.2) is 65.8 Å². The van der Waals surface area contributed by atoms with E-state index in [1.807, 2.05) is 53.9 Å². The lowest BCUT2D eigenvalue weighted by Gasteiger charge is -2.27. The van der Waals surface area contributed by atoms with Gasteiger partial charge in [0.05, 0.1) is 30.0 Å². The number of fused-ring (bicyclic) bond motifs is 1. The molecule has 2 unspecified atom stereocenters. The SMILES string of the molecule is CCOC(=O)c1cn(-c2ccc(N(C)C)nc2)c2cc(N3CCCC3COc3ncccc3CCCNP)ccc2c1=O. The van der Waals surface area contributed by atoms with Crippen molar-refractivity contribution in [2.24, 2.45) is 0 Å². The summed E-state index contributed by atoms with van der Waals surface area (Å²) in [5.74, 6) is 0.851. The molecule has 0 bridgehead atoms. The third kappa shape index (κ3) is 6.81. The average molecular weight is 603 g/mol. The predicted molar refractivity (Wildman–Crippen MR) is 174 cm³/mol.